The first kappa shape index (κ1) is 18.4. The van der Waals surface area contributed by atoms with Gasteiger partial charge in [0.25, 0.3) is 0 Å². The fourth-order valence-electron chi connectivity index (χ4n) is 4.72. The third kappa shape index (κ3) is 3.15. The Bertz CT molecular complexity index is 976. The van der Waals surface area contributed by atoms with E-state index in [9.17, 15) is 12.8 Å². The highest BCUT2D eigenvalue weighted by Crippen LogP contribution is 2.46. The predicted octanol–water partition coefficient (Wildman–Crippen LogP) is 3.72. The molecule has 1 fully saturated rings. The second-order valence-corrected chi connectivity index (χ2v) is 9.86. The Balaban J connectivity index is 1.78. The van der Waals surface area contributed by atoms with E-state index in [1.165, 1.54) is 18.2 Å². The molecular weight excluding hydrogens is 363 g/mol. The van der Waals surface area contributed by atoms with Gasteiger partial charge >= 0.3 is 0 Å². The molecule has 1 saturated heterocycles. The number of nitrogens with zero attached hydrogens (tertiary/aromatic N) is 1. The van der Waals surface area contributed by atoms with Crippen LogP contribution in [0.5, 0.6) is 0 Å². The van der Waals surface area contributed by atoms with Gasteiger partial charge in [0.1, 0.15) is 5.82 Å². The van der Waals surface area contributed by atoms with Gasteiger partial charge in [-0.3, -0.25) is 0 Å². The molecule has 2 aliphatic heterocycles. The Labute approximate surface area is 160 Å². The van der Waals surface area contributed by atoms with Crippen molar-refractivity contribution in [3.63, 3.8) is 0 Å². The first-order valence-corrected chi connectivity index (χ1v) is 10.9. The number of anilines is 1. The van der Waals surface area contributed by atoms with Gasteiger partial charge in [0.15, 0.2) is 0 Å². The zero-order valence-electron chi connectivity index (χ0n) is 15.8. The molecule has 2 heterocycles. The van der Waals surface area contributed by atoms with Crippen molar-refractivity contribution in [2.75, 3.05) is 11.9 Å². The number of hydrogen-bond donors (Lipinski definition) is 1. The molecule has 1 N–H and O–H groups in total. The highest BCUT2D eigenvalue weighted by molar-refractivity contribution is 7.91. The smallest absolute Gasteiger partial charge is 0.206 e. The molecule has 4 rings (SSSR count). The zero-order valence-corrected chi connectivity index (χ0v) is 16.6. The van der Waals surface area contributed by atoms with Crippen LogP contribution in [0.25, 0.3) is 0 Å². The number of halogens is 1. The fourth-order valence-corrected chi connectivity index (χ4v) is 6.04. The summed E-state index contributed by atoms with van der Waals surface area (Å²) in [7, 11) is -1.66. The molecule has 0 spiro atoms. The monoisotopic (exact) mass is 388 g/mol. The second-order valence-electron chi connectivity index (χ2n) is 7.91. The van der Waals surface area contributed by atoms with Crippen LogP contribution in [0.2, 0.25) is 0 Å². The van der Waals surface area contributed by atoms with E-state index in [4.69, 9.17) is 0 Å². The van der Waals surface area contributed by atoms with E-state index >= 15 is 0 Å². The standard InChI is InChI=1S/C21H25FN2O2S/c1-13-9-18-19-12-17(27(25,26)16-6-4-5-15(22)11-16)7-8-20(19)24(3)21(18)10-14(2)23-13/h4-8,11-14,18,21,23H,9-10H2,1-3H3/t13?,14?,18-,21-/m0/s1. The number of sulfone groups is 1. The quantitative estimate of drug-likeness (QED) is 0.852. The SMILES string of the molecule is CC1C[C@H]2c3cc(S(=O)(=O)c4cccc(F)c4)ccc3N(C)[C@H]2CC(C)N1. The van der Waals surface area contributed by atoms with Crippen LogP contribution >= 0.6 is 0 Å². The Kier molecular flexibility index (Phi) is 4.51. The number of benzene rings is 2. The van der Waals surface area contributed by atoms with Gasteiger partial charge in [-0.2, -0.15) is 0 Å². The summed E-state index contributed by atoms with van der Waals surface area (Å²) in [6, 6.07) is 11.7. The lowest BCUT2D eigenvalue weighted by atomic mass is 9.88. The predicted molar refractivity (Wildman–Crippen MR) is 105 cm³/mol. The van der Waals surface area contributed by atoms with Crippen LogP contribution in [0.4, 0.5) is 10.1 Å². The minimum Gasteiger partial charge on any atom is -0.371 e. The molecule has 0 aliphatic carbocycles. The molecule has 2 aliphatic rings. The number of fused-ring (bicyclic) bond motifs is 3. The van der Waals surface area contributed by atoms with Gasteiger partial charge in [0, 0.05) is 36.8 Å². The molecule has 4 atom stereocenters. The van der Waals surface area contributed by atoms with Crippen molar-refractivity contribution in [2.24, 2.45) is 0 Å². The van der Waals surface area contributed by atoms with Gasteiger partial charge in [-0.25, -0.2) is 12.8 Å². The van der Waals surface area contributed by atoms with E-state index in [0.29, 0.717) is 24.0 Å². The van der Waals surface area contributed by atoms with Gasteiger partial charge in [0.05, 0.1) is 9.79 Å². The van der Waals surface area contributed by atoms with Crippen molar-refractivity contribution in [1.29, 1.82) is 0 Å². The highest BCUT2D eigenvalue weighted by Gasteiger charge is 2.40. The van der Waals surface area contributed by atoms with E-state index in [-0.39, 0.29) is 9.79 Å². The number of nitrogens with one attached hydrogen (secondary N) is 1. The second kappa shape index (κ2) is 6.60. The van der Waals surface area contributed by atoms with E-state index in [1.54, 1.807) is 12.1 Å². The third-order valence-corrected chi connectivity index (χ3v) is 7.68. The van der Waals surface area contributed by atoms with Gasteiger partial charge in [-0.05, 0) is 68.7 Å². The molecule has 27 heavy (non-hydrogen) atoms. The first-order valence-electron chi connectivity index (χ1n) is 9.41. The van der Waals surface area contributed by atoms with Crippen LogP contribution in [-0.2, 0) is 9.84 Å². The highest BCUT2D eigenvalue weighted by atomic mass is 32.2. The van der Waals surface area contributed by atoms with Crippen LogP contribution in [0, 0.1) is 5.82 Å². The average molecular weight is 389 g/mol. The molecule has 0 aromatic heterocycles. The molecule has 0 radical (unpaired) electrons. The van der Waals surface area contributed by atoms with E-state index < -0.39 is 15.7 Å². The molecular formula is C21H25FN2O2S. The minimum atomic E-state index is -3.75. The van der Waals surface area contributed by atoms with Gasteiger partial charge in [-0.15, -0.1) is 0 Å². The first-order chi connectivity index (χ1) is 12.8. The van der Waals surface area contributed by atoms with Crippen LogP contribution < -0.4 is 10.2 Å². The maximum atomic E-state index is 13.6. The largest absolute Gasteiger partial charge is 0.371 e. The Morgan fingerprint density at radius 1 is 1.04 bits per heavy atom. The summed E-state index contributed by atoms with van der Waals surface area (Å²) in [5.41, 5.74) is 2.19. The van der Waals surface area contributed by atoms with Crippen LogP contribution in [-0.4, -0.2) is 33.6 Å². The lowest BCUT2D eigenvalue weighted by molar-refractivity contribution is 0.466. The zero-order chi connectivity index (χ0) is 19.3. The Hall–Kier alpha value is -1.92. The summed E-state index contributed by atoms with van der Waals surface area (Å²) < 4.78 is 39.6. The molecule has 6 heteroatoms. The van der Waals surface area contributed by atoms with Crippen molar-refractivity contribution >= 4 is 15.5 Å². The molecule has 2 aromatic rings. The van der Waals surface area contributed by atoms with Gasteiger partial charge in [-0.1, -0.05) is 6.07 Å². The fraction of sp³-hybridized carbons (Fsp3) is 0.429. The lowest BCUT2D eigenvalue weighted by Gasteiger charge is -2.26. The van der Waals surface area contributed by atoms with Crippen LogP contribution in [0.15, 0.2) is 52.3 Å². The third-order valence-electron chi connectivity index (χ3n) is 5.93. The van der Waals surface area contributed by atoms with Crippen LogP contribution in [0.1, 0.15) is 38.2 Å². The number of likely N-dealkylation sites (N-methyl/N-ethyl adjacent to an activating group) is 1. The molecule has 144 valence electrons. The molecule has 0 bridgehead atoms. The maximum Gasteiger partial charge on any atom is 0.206 e. The normalized spacial score (nSPS) is 27.8. The van der Waals surface area contributed by atoms with Crippen molar-refractivity contribution in [3.8, 4) is 0 Å². The summed E-state index contributed by atoms with van der Waals surface area (Å²) in [5, 5.41) is 3.61. The van der Waals surface area contributed by atoms with Crippen molar-refractivity contribution in [1.82, 2.24) is 5.32 Å². The van der Waals surface area contributed by atoms with Crippen molar-refractivity contribution in [3.05, 3.63) is 53.8 Å². The molecule has 0 saturated carbocycles. The summed E-state index contributed by atoms with van der Waals surface area (Å²) in [5.74, 6) is -0.255. The molecule has 2 unspecified atom stereocenters. The van der Waals surface area contributed by atoms with E-state index in [0.717, 1.165) is 30.2 Å². The lowest BCUT2D eigenvalue weighted by Crippen LogP contribution is -2.36. The Morgan fingerprint density at radius 3 is 2.48 bits per heavy atom. The summed E-state index contributed by atoms with van der Waals surface area (Å²) in [6.07, 6.45) is 1.99. The average Bonchev–Trinajstić information content (AvgIpc) is 2.76. The van der Waals surface area contributed by atoms with E-state index in [1.807, 2.05) is 6.07 Å². The molecule has 2 aromatic carbocycles. The van der Waals surface area contributed by atoms with Crippen molar-refractivity contribution < 1.29 is 12.8 Å². The summed E-state index contributed by atoms with van der Waals surface area (Å²) >= 11 is 0. The number of hydrogen-bond acceptors (Lipinski definition) is 4. The van der Waals surface area contributed by atoms with E-state index in [2.05, 4.69) is 31.1 Å². The van der Waals surface area contributed by atoms with Gasteiger partial charge in [0.2, 0.25) is 9.84 Å². The topological polar surface area (TPSA) is 49.4 Å². The summed E-state index contributed by atoms with van der Waals surface area (Å²) in [6.45, 7) is 4.39. The van der Waals surface area contributed by atoms with Gasteiger partial charge < -0.3 is 10.2 Å². The minimum absolute atomic E-state index is 0.00475. The van der Waals surface area contributed by atoms with Crippen LogP contribution in [0.3, 0.4) is 0 Å². The molecule has 4 nitrogen and oxygen atoms in total. The summed E-state index contributed by atoms with van der Waals surface area (Å²) in [4.78, 5) is 2.52. The number of rotatable bonds is 2. The Morgan fingerprint density at radius 2 is 1.74 bits per heavy atom. The maximum absolute atomic E-state index is 13.6. The van der Waals surface area contributed by atoms with Crippen molar-refractivity contribution in [2.45, 2.75) is 60.5 Å². The molecule has 0 amide bonds.